The van der Waals surface area contributed by atoms with Crippen LogP contribution in [0.15, 0.2) is 18.2 Å². The van der Waals surface area contributed by atoms with Crippen molar-refractivity contribution in [3.05, 3.63) is 28.8 Å². The van der Waals surface area contributed by atoms with Gasteiger partial charge in [0.2, 0.25) is 0 Å². The second-order valence-electron chi connectivity index (χ2n) is 4.96. The number of nitrogens with zero attached hydrogens (tertiary/aromatic N) is 1. The molecule has 0 bridgehead atoms. The molecule has 1 saturated carbocycles. The molecular weight excluding hydrogens is 262 g/mol. The van der Waals surface area contributed by atoms with Crippen molar-refractivity contribution in [3.63, 3.8) is 0 Å². The molecule has 1 fully saturated rings. The highest BCUT2D eigenvalue weighted by atomic mass is 35.5. The molecule has 1 unspecified atom stereocenters. The van der Waals surface area contributed by atoms with Crippen molar-refractivity contribution >= 4 is 17.4 Å². The summed E-state index contributed by atoms with van der Waals surface area (Å²) in [7, 11) is 1.58. The molecule has 2 rings (SSSR count). The summed E-state index contributed by atoms with van der Waals surface area (Å²) >= 11 is 5.99. The number of nitriles is 1. The van der Waals surface area contributed by atoms with E-state index in [9.17, 15) is 10.1 Å². The van der Waals surface area contributed by atoms with Gasteiger partial charge in [-0.25, -0.2) is 0 Å². The van der Waals surface area contributed by atoms with Crippen LogP contribution in [0.2, 0.25) is 5.02 Å². The Morgan fingerprint density at radius 2 is 2.26 bits per heavy atom. The van der Waals surface area contributed by atoms with Crippen LogP contribution in [0.5, 0.6) is 5.75 Å². The molecule has 0 spiro atoms. The van der Waals surface area contributed by atoms with Crippen LogP contribution in [-0.2, 0) is 11.2 Å². The Hall–Kier alpha value is -1.53. The lowest BCUT2D eigenvalue weighted by molar-refractivity contribution is -0.128. The molecule has 19 heavy (non-hydrogen) atoms. The van der Waals surface area contributed by atoms with E-state index in [1.807, 2.05) is 0 Å². The maximum Gasteiger partial charge on any atom is 0.153 e. The van der Waals surface area contributed by atoms with Crippen molar-refractivity contribution in [2.75, 3.05) is 7.11 Å². The number of Topliss-reactive ketones (excluding diaryl/α,β-unsaturated/α-hetero) is 1. The zero-order valence-corrected chi connectivity index (χ0v) is 11.7. The Kier molecular flexibility index (Phi) is 4.11. The molecule has 0 saturated heterocycles. The zero-order chi connectivity index (χ0) is 13.9. The third-order valence-corrected chi connectivity index (χ3v) is 3.97. The van der Waals surface area contributed by atoms with Gasteiger partial charge in [-0.05, 0) is 36.6 Å². The van der Waals surface area contributed by atoms with Crippen LogP contribution >= 0.6 is 11.6 Å². The van der Waals surface area contributed by atoms with Crippen molar-refractivity contribution in [3.8, 4) is 11.8 Å². The van der Waals surface area contributed by atoms with E-state index in [0.29, 0.717) is 30.0 Å². The van der Waals surface area contributed by atoms with E-state index in [2.05, 4.69) is 6.07 Å². The van der Waals surface area contributed by atoms with Crippen LogP contribution in [0.25, 0.3) is 0 Å². The van der Waals surface area contributed by atoms with Crippen LogP contribution in [0.4, 0.5) is 0 Å². The molecular formula is C15H16ClNO2. The third-order valence-electron chi connectivity index (χ3n) is 3.74. The van der Waals surface area contributed by atoms with Gasteiger partial charge in [-0.15, -0.1) is 0 Å². The summed E-state index contributed by atoms with van der Waals surface area (Å²) in [5, 5.41) is 10.1. The predicted octanol–water partition coefficient (Wildman–Crippen LogP) is 3.54. The zero-order valence-electron chi connectivity index (χ0n) is 10.9. The van der Waals surface area contributed by atoms with Crippen LogP contribution in [0.1, 0.15) is 31.2 Å². The molecule has 1 atom stereocenters. The van der Waals surface area contributed by atoms with Crippen molar-refractivity contribution in [2.45, 2.75) is 32.1 Å². The van der Waals surface area contributed by atoms with E-state index < -0.39 is 5.41 Å². The van der Waals surface area contributed by atoms with E-state index in [1.165, 1.54) is 0 Å². The molecule has 1 aromatic rings. The first-order valence-electron chi connectivity index (χ1n) is 6.38. The molecule has 100 valence electrons. The summed E-state index contributed by atoms with van der Waals surface area (Å²) < 4.78 is 5.29. The van der Waals surface area contributed by atoms with Gasteiger partial charge in [0.1, 0.15) is 11.2 Å². The molecule has 0 radical (unpaired) electrons. The number of carbonyl (C=O) groups excluding carboxylic acids is 1. The fourth-order valence-corrected chi connectivity index (χ4v) is 2.84. The molecule has 0 aromatic heterocycles. The minimum atomic E-state index is -0.907. The van der Waals surface area contributed by atoms with Crippen LogP contribution in [0, 0.1) is 16.7 Å². The first kappa shape index (κ1) is 13.9. The molecule has 0 amide bonds. The highest BCUT2D eigenvalue weighted by Gasteiger charge is 2.40. The minimum Gasteiger partial charge on any atom is -0.496 e. The van der Waals surface area contributed by atoms with Gasteiger partial charge in [-0.1, -0.05) is 18.0 Å². The van der Waals surface area contributed by atoms with Crippen LogP contribution in [0.3, 0.4) is 0 Å². The number of rotatable bonds is 3. The Balaban J connectivity index is 2.35. The van der Waals surface area contributed by atoms with Gasteiger partial charge in [0.25, 0.3) is 0 Å². The quantitative estimate of drug-likeness (QED) is 0.849. The van der Waals surface area contributed by atoms with Crippen molar-refractivity contribution in [2.24, 2.45) is 5.41 Å². The van der Waals surface area contributed by atoms with E-state index in [0.717, 1.165) is 18.4 Å². The van der Waals surface area contributed by atoms with Crippen molar-refractivity contribution in [1.82, 2.24) is 0 Å². The van der Waals surface area contributed by atoms with Gasteiger partial charge >= 0.3 is 0 Å². The Morgan fingerprint density at radius 1 is 1.47 bits per heavy atom. The summed E-state index contributed by atoms with van der Waals surface area (Å²) in [4.78, 5) is 12.1. The number of carbonyl (C=O) groups is 1. The predicted molar refractivity (Wildman–Crippen MR) is 73.2 cm³/mol. The fraction of sp³-hybridized carbons (Fsp3) is 0.467. The summed E-state index contributed by atoms with van der Waals surface area (Å²) in [6.45, 7) is 0. The summed E-state index contributed by atoms with van der Waals surface area (Å²) in [6.07, 6.45) is 3.30. The number of halogens is 1. The number of benzene rings is 1. The fourth-order valence-electron chi connectivity index (χ4n) is 2.65. The second kappa shape index (κ2) is 5.63. The number of hydrogen-bond acceptors (Lipinski definition) is 3. The number of ether oxygens (including phenoxy) is 1. The highest BCUT2D eigenvalue weighted by Crippen LogP contribution is 2.38. The topological polar surface area (TPSA) is 50.1 Å². The maximum absolute atomic E-state index is 12.1. The number of hydrogen-bond donors (Lipinski definition) is 0. The summed E-state index contributed by atoms with van der Waals surface area (Å²) in [5.74, 6) is 0.723. The molecule has 1 aromatic carbocycles. The van der Waals surface area contributed by atoms with Gasteiger partial charge in [0, 0.05) is 17.9 Å². The smallest absolute Gasteiger partial charge is 0.153 e. The first-order chi connectivity index (χ1) is 9.11. The van der Waals surface area contributed by atoms with Gasteiger partial charge in [-0.3, -0.25) is 4.79 Å². The second-order valence-corrected chi connectivity index (χ2v) is 5.39. The molecule has 1 aliphatic carbocycles. The van der Waals surface area contributed by atoms with E-state index in [-0.39, 0.29) is 5.78 Å². The largest absolute Gasteiger partial charge is 0.496 e. The van der Waals surface area contributed by atoms with Gasteiger partial charge in [0.15, 0.2) is 5.78 Å². The van der Waals surface area contributed by atoms with Crippen LogP contribution < -0.4 is 4.74 Å². The standard InChI is InChI=1S/C15H16ClNO2/c1-19-13-6-5-12(16)8-11(13)9-15(10-17)7-3-2-4-14(15)18/h5-6,8H,2-4,7,9H2,1H3. The lowest BCUT2D eigenvalue weighted by Crippen LogP contribution is -2.35. The molecule has 1 aliphatic rings. The minimum absolute atomic E-state index is 0.0447. The molecule has 4 heteroatoms. The monoisotopic (exact) mass is 277 g/mol. The van der Waals surface area contributed by atoms with Gasteiger partial charge < -0.3 is 4.74 Å². The maximum atomic E-state index is 12.1. The number of ketones is 1. The Labute approximate surface area is 118 Å². The van der Waals surface area contributed by atoms with Gasteiger partial charge in [0.05, 0.1) is 13.2 Å². The van der Waals surface area contributed by atoms with E-state index >= 15 is 0 Å². The van der Waals surface area contributed by atoms with E-state index in [1.54, 1.807) is 25.3 Å². The van der Waals surface area contributed by atoms with Crippen molar-refractivity contribution < 1.29 is 9.53 Å². The van der Waals surface area contributed by atoms with E-state index in [4.69, 9.17) is 16.3 Å². The molecule has 3 nitrogen and oxygen atoms in total. The first-order valence-corrected chi connectivity index (χ1v) is 6.76. The third kappa shape index (κ3) is 2.74. The SMILES string of the molecule is COc1ccc(Cl)cc1CC1(C#N)CCCCC1=O. The lowest BCUT2D eigenvalue weighted by atomic mass is 9.70. The molecule has 0 N–H and O–H groups in total. The average Bonchev–Trinajstić information content (AvgIpc) is 2.42. The molecule has 0 heterocycles. The molecule has 0 aliphatic heterocycles. The summed E-state index contributed by atoms with van der Waals surface area (Å²) in [6, 6.07) is 7.53. The lowest BCUT2D eigenvalue weighted by Gasteiger charge is -2.29. The van der Waals surface area contributed by atoms with Crippen LogP contribution in [-0.4, -0.2) is 12.9 Å². The normalized spacial score (nSPS) is 22.9. The summed E-state index contributed by atoms with van der Waals surface area (Å²) in [5.41, 5.74) is -0.0808. The Morgan fingerprint density at radius 3 is 2.89 bits per heavy atom. The average molecular weight is 278 g/mol. The van der Waals surface area contributed by atoms with Gasteiger partial charge in [-0.2, -0.15) is 5.26 Å². The Bertz CT molecular complexity index is 535. The van der Waals surface area contributed by atoms with Crippen molar-refractivity contribution in [1.29, 1.82) is 5.26 Å². The number of methoxy groups -OCH3 is 1. The highest BCUT2D eigenvalue weighted by molar-refractivity contribution is 6.30.